The third-order valence-corrected chi connectivity index (χ3v) is 3.28. The van der Waals surface area contributed by atoms with Gasteiger partial charge in [-0.1, -0.05) is 64.7 Å². The summed E-state index contributed by atoms with van der Waals surface area (Å²) in [6.45, 7) is 3.27. The normalized spacial score (nSPS) is 10.3. The van der Waals surface area contributed by atoms with E-state index < -0.39 is 5.97 Å². The summed E-state index contributed by atoms with van der Waals surface area (Å²) < 4.78 is 0. The molecule has 4 nitrogen and oxygen atoms in total. The Morgan fingerprint density at radius 3 is 1.57 bits per heavy atom. The van der Waals surface area contributed by atoms with Crippen LogP contribution in [0.3, 0.4) is 0 Å². The van der Waals surface area contributed by atoms with Crippen LogP contribution >= 0.6 is 0 Å². The molecule has 0 bridgehead atoms. The van der Waals surface area contributed by atoms with Gasteiger partial charge in [-0.2, -0.15) is 0 Å². The highest BCUT2D eigenvalue weighted by Crippen LogP contribution is 2.10. The Labute approximate surface area is 131 Å². The Balaban J connectivity index is 0. The molecule has 0 spiro atoms. The molecular formula is C17H37NO3. The Kier molecular flexibility index (Phi) is 20.9. The van der Waals surface area contributed by atoms with Gasteiger partial charge in [0.05, 0.1) is 13.0 Å². The predicted molar refractivity (Wildman–Crippen MR) is 89.7 cm³/mol. The molecule has 0 heterocycles. The monoisotopic (exact) mass is 303 g/mol. The molecule has 0 saturated carbocycles. The Bertz CT molecular complexity index is 208. The van der Waals surface area contributed by atoms with Crippen molar-refractivity contribution in [2.75, 3.05) is 27.2 Å². The standard InChI is InChI=1S/C14H31N.C3H6O3/c1-4-5-6-7-8-9-10-11-12-13-14-15(2)3;4-2-1-3(5)6/h4-14H2,1-3H3;4H,1-2H2,(H,5,6). The third-order valence-electron chi connectivity index (χ3n) is 3.28. The highest BCUT2D eigenvalue weighted by atomic mass is 16.4. The zero-order chi connectivity index (χ0) is 16.3. The van der Waals surface area contributed by atoms with Gasteiger partial charge in [0.15, 0.2) is 0 Å². The average Bonchev–Trinajstić information content (AvgIpc) is 2.41. The number of carbonyl (C=O) groups is 1. The molecule has 0 aliphatic rings. The molecule has 128 valence electrons. The lowest BCUT2D eigenvalue weighted by atomic mass is 10.1. The molecule has 21 heavy (non-hydrogen) atoms. The first-order valence-corrected chi connectivity index (χ1v) is 8.52. The van der Waals surface area contributed by atoms with Gasteiger partial charge in [-0.3, -0.25) is 4.79 Å². The van der Waals surface area contributed by atoms with Crippen molar-refractivity contribution < 1.29 is 15.0 Å². The lowest BCUT2D eigenvalue weighted by molar-refractivity contribution is -0.137. The zero-order valence-corrected chi connectivity index (χ0v) is 14.4. The smallest absolute Gasteiger partial charge is 0.305 e. The van der Waals surface area contributed by atoms with E-state index in [9.17, 15) is 4.79 Å². The van der Waals surface area contributed by atoms with Crippen LogP contribution in [-0.2, 0) is 4.79 Å². The minimum absolute atomic E-state index is 0.153. The maximum Gasteiger partial charge on any atom is 0.305 e. The van der Waals surface area contributed by atoms with Crippen molar-refractivity contribution in [3.8, 4) is 0 Å². The van der Waals surface area contributed by atoms with Gasteiger partial charge in [-0.25, -0.2) is 0 Å². The largest absolute Gasteiger partial charge is 0.481 e. The van der Waals surface area contributed by atoms with Crippen LogP contribution in [0.25, 0.3) is 0 Å². The fourth-order valence-corrected chi connectivity index (χ4v) is 2.01. The molecule has 0 unspecified atom stereocenters. The van der Waals surface area contributed by atoms with E-state index in [1.165, 1.54) is 70.8 Å². The van der Waals surface area contributed by atoms with Crippen LogP contribution in [0.5, 0.6) is 0 Å². The summed E-state index contributed by atoms with van der Waals surface area (Å²) in [6.07, 6.45) is 14.2. The van der Waals surface area contributed by atoms with Gasteiger partial charge in [0.2, 0.25) is 0 Å². The van der Waals surface area contributed by atoms with E-state index >= 15 is 0 Å². The molecule has 0 atom stereocenters. The van der Waals surface area contributed by atoms with Gasteiger partial charge < -0.3 is 15.1 Å². The van der Waals surface area contributed by atoms with Crippen LogP contribution in [-0.4, -0.2) is 48.3 Å². The van der Waals surface area contributed by atoms with Crippen LogP contribution in [0.4, 0.5) is 0 Å². The van der Waals surface area contributed by atoms with Gasteiger partial charge >= 0.3 is 5.97 Å². The number of carboxylic acid groups (broad SMARTS) is 1. The zero-order valence-electron chi connectivity index (χ0n) is 14.4. The Morgan fingerprint density at radius 1 is 0.857 bits per heavy atom. The number of aliphatic carboxylic acids is 1. The van der Waals surface area contributed by atoms with Crippen molar-refractivity contribution in [1.82, 2.24) is 4.90 Å². The SMILES string of the molecule is CCCCCCCCCCCCN(C)C.O=C(O)CCO. The number of carboxylic acids is 1. The number of hydrogen-bond donors (Lipinski definition) is 2. The summed E-state index contributed by atoms with van der Waals surface area (Å²) in [7, 11) is 4.32. The van der Waals surface area contributed by atoms with Crippen molar-refractivity contribution in [3.63, 3.8) is 0 Å². The molecule has 0 aromatic carbocycles. The van der Waals surface area contributed by atoms with E-state index in [4.69, 9.17) is 10.2 Å². The van der Waals surface area contributed by atoms with Crippen molar-refractivity contribution in [2.45, 2.75) is 77.6 Å². The summed E-state index contributed by atoms with van der Waals surface area (Å²) in [5, 5.41) is 15.6. The van der Waals surface area contributed by atoms with E-state index in [1.807, 2.05) is 0 Å². The molecule has 0 aromatic heterocycles. The quantitative estimate of drug-likeness (QED) is 0.506. The van der Waals surface area contributed by atoms with Gasteiger partial charge in [0.25, 0.3) is 0 Å². The third kappa shape index (κ3) is 28.3. The van der Waals surface area contributed by atoms with Crippen LogP contribution in [0.1, 0.15) is 77.6 Å². The minimum atomic E-state index is -0.961. The number of rotatable bonds is 13. The number of aliphatic hydroxyl groups excluding tert-OH is 1. The van der Waals surface area contributed by atoms with Crippen LogP contribution in [0.2, 0.25) is 0 Å². The summed E-state index contributed by atoms with van der Waals surface area (Å²) in [5.74, 6) is -0.961. The average molecular weight is 303 g/mol. The Morgan fingerprint density at radius 2 is 1.29 bits per heavy atom. The van der Waals surface area contributed by atoms with Crippen molar-refractivity contribution >= 4 is 5.97 Å². The van der Waals surface area contributed by atoms with Gasteiger partial charge in [-0.15, -0.1) is 0 Å². The van der Waals surface area contributed by atoms with Crippen molar-refractivity contribution in [1.29, 1.82) is 0 Å². The van der Waals surface area contributed by atoms with E-state index in [2.05, 4.69) is 25.9 Å². The maximum absolute atomic E-state index is 9.44. The number of unbranched alkanes of at least 4 members (excludes halogenated alkanes) is 9. The second-order valence-electron chi connectivity index (χ2n) is 5.85. The molecule has 0 saturated heterocycles. The van der Waals surface area contributed by atoms with E-state index in [0.717, 1.165) is 0 Å². The number of nitrogens with zero attached hydrogens (tertiary/aromatic N) is 1. The fourth-order valence-electron chi connectivity index (χ4n) is 2.01. The highest BCUT2D eigenvalue weighted by Gasteiger charge is 1.93. The minimum Gasteiger partial charge on any atom is -0.481 e. The first kappa shape index (κ1) is 22.7. The maximum atomic E-state index is 9.44. The second-order valence-corrected chi connectivity index (χ2v) is 5.85. The summed E-state index contributed by atoms with van der Waals surface area (Å²) in [4.78, 5) is 11.7. The van der Waals surface area contributed by atoms with Crippen molar-refractivity contribution in [2.24, 2.45) is 0 Å². The fraction of sp³-hybridized carbons (Fsp3) is 0.941. The molecule has 0 amide bonds. The molecule has 0 aliphatic carbocycles. The first-order valence-electron chi connectivity index (χ1n) is 8.52. The summed E-state index contributed by atoms with van der Waals surface area (Å²) in [5.41, 5.74) is 0. The predicted octanol–water partition coefficient (Wildman–Crippen LogP) is 3.92. The summed E-state index contributed by atoms with van der Waals surface area (Å²) in [6, 6.07) is 0. The topological polar surface area (TPSA) is 60.8 Å². The first-order chi connectivity index (χ1) is 10.0. The van der Waals surface area contributed by atoms with Gasteiger partial charge in [0.1, 0.15) is 0 Å². The van der Waals surface area contributed by atoms with E-state index in [1.54, 1.807) is 0 Å². The van der Waals surface area contributed by atoms with E-state index in [0.29, 0.717) is 0 Å². The second kappa shape index (κ2) is 19.4. The molecule has 0 rings (SSSR count). The number of hydrogen-bond acceptors (Lipinski definition) is 3. The Hall–Kier alpha value is -0.610. The van der Waals surface area contributed by atoms with Crippen LogP contribution in [0.15, 0.2) is 0 Å². The molecule has 2 N–H and O–H groups in total. The van der Waals surface area contributed by atoms with Crippen molar-refractivity contribution in [3.05, 3.63) is 0 Å². The number of aliphatic hydroxyl groups is 1. The molecule has 0 radical (unpaired) electrons. The molecule has 0 aliphatic heterocycles. The molecule has 0 aromatic rings. The molecular weight excluding hydrogens is 266 g/mol. The molecule has 4 heteroatoms. The van der Waals surface area contributed by atoms with E-state index in [-0.39, 0.29) is 13.0 Å². The van der Waals surface area contributed by atoms with Gasteiger partial charge in [0, 0.05) is 0 Å². The van der Waals surface area contributed by atoms with Gasteiger partial charge in [-0.05, 0) is 27.1 Å². The molecule has 0 fully saturated rings. The lowest BCUT2D eigenvalue weighted by Gasteiger charge is -2.08. The van der Waals surface area contributed by atoms with Crippen LogP contribution < -0.4 is 0 Å². The lowest BCUT2D eigenvalue weighted by Crippen LogP contribution is -2.12. The highest BCUT2D eigenvalue weighted by molar-refractivity contribution is 5.66. The van der Waals surface area contributed by atoms with Crippen LogP contribution in [0, 0.1) is 0 Å². The summed E-state index contributed by atoms with van der Waals surface area (Å²) >= 11 is 0.